The van der Waals surface area contributed by atoms with Crippen molar-refractivity contribution in [3.8, 4) is 0 Å². The minimum Gasteiger partial charge on any atom is -0.326 e. The first-order valence-corrected chi connectivity index (χ1v) is 8.48. The van der Waals surface area contributed by atoms with Crippen molar-refractivity contribution >= 4 is 27.1 Å². The summed E-state index contributed by atoms with van der Waals surface area (Å²) in [6.07, 6.45) is 1.17. The van der Waals surface area contributed by atoms with E-state index >= 15 is 0 Å². The Morgan fingerprint density at radius 3 is 2.13 bits per heavy atom. The second kappa shape index (κ2) is 6.57. The van der Waals surface area contributed by atoms with Gasteiger partial charge in [-0.25, -0.2) is 8.42 Å². The normalized spacial score (nSPS) is 11.0. The first kappa shape index (κ1) is 16.6. The summed E-state index contributed by atoms with van der Waals surface area (Å²) in [6, 6.07) is 11.5. The van der Waals surface area contributed by atoms with Gasteiger partial charge in [0.05, 0.1) is 16.2 Å². The van der Waals surface area contributed by atoms with Crippen LogP contribution in [0.3, 0.4) is 0 Å². The standard InChI is InChI=1S/C15H14N2O5S/c1-23(21,22)14-8-4-12(5-9-14)16-15(18)10-11-2-6-13(7-3-11)17(19)20/h2-9H,10H2,1H3,(H,16,18). The number of nitrogens with zero attached hydrogens (tertiary/aromatic N) is 1. The average molecular weight is 334 g/mol. The van der Waals surface area contributed by atoms with Gasteiger partial charge in [0.1, 0.15) is 0 Å². The van der Waals surface area contributed by atoms with E-state index in [0.29, 0.717) is 11.3 Å². The van der Waals surface area contributed by atoms with Crippen LogP contribution in [0.2, 0.25) is 0 Å². The van der Waals surface area contributed by atoms with Crippen molar-refractivity contribution in [3.05, 3.63) is 64.2 Å². The van der Waals surface area contributed by atoms with Crippen LogP contribution in [0.1, 0.15) is 5.56 Å². The van der Waals surface area contributed by atoms with Crippen LogP contribution < -0.4 is 5.32 Å². The van der Waals surface area contributed by atoms with E-state index in [-0.39, 0.29) is 22.9 Å². The van der Waals surface area contributed by atoms with Crippen LogP contribution in [0.25, 0.3) is 0 Å². The number of anilines is 1. The average Bonchev–Trinajstić information content (AvgIpc) is 2.47. The Bertz CT molecular complexity index is 827. The number of nitro groups is 1. The first-order chi connectivity index (χ1) is 10.8. The number of nitrogens with one attached hydrogen (secondary N) is 1. The number of hydrogen-bond acceptors (Lipinski definition) is 5. The van der Waals surface area contributed by atoms with Gasteiger partial charge in [-0.15, -0.1) is 0 Å². The van der Waals surface area contributed by atoms with Crippen molar-refractivity contribution in [2.75, 3.05) is 11.6 Å². The fraction of sp³-hybridized carbons (Fsp3) is 0.133. The lowest BCUT2D eigenvalue weighted by atomic mass is 10.1. The second-order valence-corrected chi connectivity index (χ2v) is 6.96. The molecule has 0 heterocycles. The van der Waals surface area contributed by atoms with E-state index in [4.69, 9.17) is 0 Å². The van der Waals surface area contributed by atoms with Crippen LogP contribution in [0.15, 0.2) is 53.4 Å². The van der Waals surface area contributed by atoms with E-state index in [9.17, 15) is 23.3 Å². The van der Waals surface area contributed by atoms with E-state index in [1.807, 2.05) is 0 Å². The van der Waals surface area contributed by atoms with Gasteiger partial charge in [0.15, 0.2) is 9.84 Å². The molecule has 1 N–H and O–H groups in total. The highest BCUT2D eigenvalue weighted by Gasteiger charge is 2.09. The molecule has 0 bridgehead atoms. The SMILES string of the molecule is CS(=O)(=O)c1ccc(NC(=O)Cc2ccc([N+](=O)[O-])cc2)cc1. The fourth-order valence-corrected chi connectivity index (χ4v) is 2.54. The molecule has 23 heavy (non-hydrogen) atoms. The Labute approximate surface area is 133 Å². The summed E-state index contributed by atoms with van der Waals surface area (Å²) in [6.45, 7) is 0. The Balaban J connectivity index is 2.00. The van der Waals surface area contributed by atoms with Gasteiger partial charge in [-0.05, 0) is 29.8 Å². The summed E-state index contributed by atoms with van der Waals surface area (Å²) in [4.78, 5) is 22.1. The molecule has 0 unspecified atom stereocenters. The van der Waals surface area contributed by atoms with E-state index in [0.717, 1.165) is 6.26 Å². The summed E-state index contributed by atoms with van der Waals surface area (Å²) in [5.41, 5.74) is 1.08. The second-order valence-electron chi connectivity index (χ2n) is 4.95. The number of rotatable bonds is 5. The molecule has 7 nitrogen and oxygen atoms in total. The minimum absolute atomic E-state index is 0.0366. The number of amides is 1. The highest BCUT2D eigenvalue weighted by atomic mass is 32.2. The smallest absolute Gasteiger partial charge is 0.269 e. The van der Waals surface area contributed by atoms with Crippen molar-refractivity contribution in [2.24, 2.45) is 0 Å². The Morgan fingerprint density at radius 1 is 1.09 bits per heavy atom. The van der Waals surface area contributed by atoms with Gasteiger partial charge >= 0.3 is 0 Å². The molecule has 2 aromatic carbocycles. The summed E-state index contributed by atoms with van der Waals surface area (Å²) >= 11 is 0. The predicted octanol–water partition coefficient (Wildman–Crippen LogP) is 2.18. The van der Waals surface area contributed by atoms with Crippen LogP contribution >= 0.6 is 0 Å². The van der Waals surface area contributed by atoms with E-state index < -0.39 is 14.8 Å². The lowest BCUT2D eigenvalue weighted by Gasteiger charge is -2.06. The largest absolute Gasteiger partial charge is 0.326 e. The third-order valence-electron chi connectivity index (χ3n) is 3.08. The van der Waals surface area contributed by atoms with Crippen molar-refractivity contribution in [1.29, 1.82) is 0 Å². The number of non-ortho nitro benzene ring substituents is 1. The number of sulfone groups is 1. The Morgan fingerprint density at radius 2 is 1.65 bits per heavy atom. The lowest BCUT2D eigenvalue weighted by molar-refractivity contribution is -0.384. The van der Waals surface area contributed by atoms with Crippen molar-refractivity contribution in [3.63, 3.8) is 0 Å². The Kier molecular flexibility index (Phi) is 4.75. The highest BCUT2D eigenvalue weighted by Crippen LogP contribution is 2.15. The summed E-state index contributed by atoms with van der Waals surface area (Å²) in [5.74, 6) is -0.300. The molecule has 0 aliphatic heterocycles. The quantitative estimate of drug-likeness (QED) is 0.666. The van der Waals surface area contributed by atoms with Gasteiger partial charge in [0.25, 0.3) is 5.69 Å². The third-order valence-corrected chi connectivity index (χ3v) is 4.21. The molecule has 0 spiro atoms. The Hall–Kier alpha value is -2.74. The topological polar surface area (TPSA) is 106 Å². The van der Waals surface area contributed by atoms with E-state index in [1.54, 1.807) is 0 Å². The van der Waals surface area contributed by atoms with Crippen LogP contribution in [0.4, 0.5) is 11.4 Å². The molecular formula is C15H14N2O5S. The molecule has 2 aromatic rings. The van der Waals surface area contributed by atoms with Gasteiger partial charge in [-0.2, -0.15) is 0 Å². The molecule has 0 fully saturated rings. The van der Waals surface area contributed by atoms with E-state index in [2.05, 4.69) is 5.32 Å². The zero-order valence-electron chi connectivity index (χ0n) is 12.2. The number of carbonyl (C=O) groups is 1. The summed E-state index contributed by atoms with van der Waals surface area (Å²) < 4.78 is 22.7. The van der Waals surface area contributed by atoms with Crippen LogP contribution in [0, 0.1) is 10.1 Å². The fourth-order valence-electron chi connectivity index (χ4n) is 1.91. The molecule has 2 rings (SSSR count). The molecule has 0 aliphatic rings. The molecule has 0 atom stereocenters. The van der Waals surface area contributed by atoms with Gasteiger partial charge < -0.3 is 5.32 Å². The molecular weight excluding hydrogens is 320 g/mol. The van der Waals surface area contributed by atoms with Crippen LogP contribution in [-0.2, 0) is 21.1 Å². The van der Waals surface area contributed by atoms with E-state index in [1.165, 1.54) is 48.5 Å². The zero-order chi connectivity index (χ0) is 17.0. The first-order valence-electron chi connectivity index (χ1n) is 6.59. The summed E-state index contributed by atoms with van der Waals surface area (Å²) in [7, 11) is -3.28. The molecule has 120 valence electrons. The number of carbonyl (C=O) groups excluding carboxylic acids is 1. The molecule has 0 radical (unpaired) electrons. The maximum Gasteiger partial charge on any atom is 0.269 e. The zero-order valence-corrected chi connectivity index (χ0v) is 13.0. The van der Waals surface area contributed by atoms with Gasteiger partial charge in [-0.3, -0.25) is 14.9 Å². The van der Waals surface area contributed by atoms with Crippen molar-refractivity contribution < 1.29 is 18.1 Å². The maximum absolute atomic E-state index is 11.9. The number of hydrogen-bond donors (Lipinski definition) is 1. The molecule has 0 saturated heterocycles. The van der Waals surface area contributed by atoms with Gasteiger partial charge in [0, 0.05) is 24.1 Å². The molecule has 1 amide bonds. The highest BCUT2D eigenvalue weighted by molar-refractivity contribution is 7.90. The predicted molar refractivity (Wildman–Crippen MR) is 85.0 cm³/mol. The monoisotopic (exact) mass is 334 g/mol. The molecule has 8 heteroatoms. The molecule has 0 aromatic heterocycles. The van der Waals surface area contributed by atoms with Gasteiger partial charge in [0.2, 0.25) is 5.91 Å². The maximum atomic E-state index is 11.9. The third kappa shape index (κ3) is 4.62. The van der Waals surface area contributed by atoms with Crippen LogP contribution in [0.5, 0.6) is 0 Å². The van der Waals surface area contributed by atoms with Gasteiger partial charge in [-0.1, -0.05) is 12.1 Å². The van der Waals surface area contributed by atoms with Crippen molar-refractivity contribution in [1.82, 2.24) is 0 Å². The number of benzene rings is 2. The number of nitro benzene ring substituents is 1. The van der Waals surface area contributed by atoms with Crippen molar-refractivity contribution in [2.45, 2.75) is 11.3 Å². The van der Waals surface area contributed by atoms with Crippen LogP contribution in [-0.4, -0.2) is 25.5 Å². The molecule has 0 aliphatic carbocycles. The molecule has 0 saturated carbocycles. The lowest BCUT2D eigenvalue weighted by Crippen LogP contribution is -2.14. The minimum atomic E-state index is -3.28. The summed E-state index contributed by atoms with van der Waals surface area (Å²) in [5, 5.41) is 13.2.